The number of halogens is 3. The van der Waals surface area contributed by atoms with Crippen molar-refractivity contribution in [1.82, 2.24) is 0 Å². The number of rotatable bonds is 1. The van der Waals surface area contributed by atoms with E-state index in [2.05, 4.69) is 12.6 Å². The molecule has 4 heteroatoms. The van der Waals surface area contributed by atoms with E-state index in [1.807, 2.05) is 0 Å². The van der Waals surface area contributed by atoms with E-state index in [4.69, 9.17) is 34.8 Å². The Hall–Kier alpha value is 1.22. The molecule has 0 aromatic rings. The maximum Gasteiger partial charge on any atom is 0.135 e. The fraction of sp³-hybridized carbons (Fsp3) is 1.00. The molecule has 0 aliphatic heterocycles. The van der Waals surface area contributed by atoms with Gasteiger partial charge in [-0.2, -0.15) is 12.6 Å². The van der Waals surface area contributed by atoms with Crippen molar-refractivity contribution in [3.05, 3.63) is 0 Å². The van der Waals surface area contributed by atoms with E-state index in [9.17, 15) is 0 Å². The second kappa shape index (κ2) is 2.67. The van der Waals surface area contributed by atoms with E-state index >= 15 is 0 Å². The average Bonchev–Trinajstić information content (AvgIpc) is 1.31. The van der Waals surface area contributed by atoms with Crippen LogP contribution in [-0.4, -0.2) is 9.04 Å². The predicted octanol–water partition coefficient (Wildman–Crippen LogP) is 2.67. The molecular formula is C3H5Cl3S. The van der Waals surface area contributed by atoms with Gasteiger partial charge in [-0.1, -0.05) is 0 Å². The molecule has 0 aromatic carbocycles. The van der Waals surface area contributed by atoms with E-state index in [0.717, 1.165) is 0 Å². The minimum atomic E-state index is -0.802. The largest absolute Gasteiger partial charge is 0.154 e. The lowest BCUT2D eigenvalue weighted by Gasteiger charge is -2.13. The van der Waals surface area contributed by atoms with Gasteiger partial charge in [0.25, 0.3) is 0 Å². The van der Waals surface area contributed by atoms with Crippen molar-refractivity contribution in [1.29, 1.82) is 0 Å². The van der Waals surface area contributed by atoms with E-state index in [-0.39, 0.29) is 0 Å². The first-order valence-electron chi connectivity index (χ1n) is 1.64. The standard InChI is InChI=1S/C3H5Cl3S/c1-3(6,7)2(4)5/h2,7H,1H3. The van der Waals surface area contributed by atoms with E-state index < -0.39 is 9.04 Å². The first-order valence-corrected chi connectivity index (χ1v) is 3.34. The first kappa shape index (κ1) is 8.22. The lowest BCUT2D eigenvalue weighted by molar-refractivity contribution is 0.977. The molecule has 0 N–H and O–H groups in total. The van der Waals surface area contributed by atoms with Crippen LogP contribution >= 0.6 is 47.4 Å². The Balaban J connectivity index is 3.54. The molecular weight excluding hydrogens is 174 g/mol. The molecule has 44 valence electrons. The van der Waals surface area contributed by atoms with Gasteiger partial charge in [0.2, 0.25) is 0 Å². The van der Waals surface area contributed by atoms with Crippen molar-refractivity contribution in [2.24, 2.45) is 0 Å². The Morgan fingerprint density at radius 1 is 1.57 bits per heavy atom. The zero-order chi connectivity index (χ0) is 6.08. The third-order valence-electron chi connectivity index (χ3n) is 0.398. The van der Waals surface area contributed by atoms with Gasteiger partial charge in [0.15, 0.2) is 0 Å². The molecule has 0 fully saturated rings. The highest BCUT2D eigenvalue weighted by Crippen LogP contribution is 2.30. The molecule has 0 aliphatic rings. The van der Waals surface area contributed by atoms with Crippen LogP contribution in [-0.2, 0) is 0 Å². The number of hydrogen-bond acceptors (Lipinski definition) is 1. The lowest BCUT2D eigenvalue weighted by Crippen LogP contribution is -2.15. The second-order valence-electron chi connectivity index (χ2n) is 1.32. The summed E-state index contributed by atoms with van der Waals surface area (Å²) in [4.78, 5) is -0.627. The second-order valence-corrected chi connectivity index (χ2v) is 4.40. The van der Waals surface area contributed by atoms with Crippen LogP contribution in [0.5, 0.6) is 0 Å². The Morgan fingerprint density at radius 3 is 1.71 bits per heavy atom. The van der Waals surface area contributed by atoms with Gasteiger partial charge in [-0.05, 0) is 6.92 Å². The predicted molar refractivity (Wildman–Crippen MR) is 38.7 cm³/mol. The summed E-state index contributed by atoms with van der Waals surface area (Å²) in [5.74, 6) is 0. The summed E-state index contributed by atoms with van der Waals surface area (Å²) in [5.41, 5.74) is 0. The zero-order valence-corrected chi connectivity index (χ0v) is 6.82. The number of hydrogen-bond donors (Lipinski definition) is 1. The van der Waals surface area contributed by atoms with Crippen molar-refractivity contribution in [2.45, 2.75) is 16.0 Å². The zero-order valence-electron chi connectivity index (χ0n) is 3.66. The summed E-state index contributed by atoms with van der Waals surface area (Å²) >= 11 is 19.9. The molecule has 1 atom stereocenters. The molecule has 1 unspecified atom stereocenters. The minimum absolute atomic E-state index is 0.627. The lowest BCUT2D eigenvalue weighted by atomic mass is 10.5. The Labute approximate surface area is 63.5 Å². The van der Waals surface area contributed by atoms with Crippen LogP contribution in [0.25, 0.3) is 0 Å². The summed E-state index contributed by atoms with van der Waals surface area (Å²) in [6, 6.07) is 0. The average molecular weight is 179 g/mol. The molecule has 0 aromatic heterocycles. The molecule has 7 heavy (non-hydrogen) atoms. The van der Waals surface area contributed by atoms with Crippen molar-refractivity contribution in [2.75, 3.05) is 0 Å². The van der Waals surface area contributed by atoms with Crippen LogP contribution in [0.1, 0.15) is 6.92 Å². The van der Waals surface area contributed by atoms with Gasteiger partial charge in [0.05, 0.1) is 0 Å². The molecule has 0 saturated heterocycles. The van der Waals surface area contributed by atoms with E-state index in [1.165, 1.54) is 0 Å². The van der Waals surface area contributed by atoms with Crippen molar-refractivity contribution >= 4 is 47.4 Å². The van der Waals surface area contributed by atoms with Crippen LogP contribution < -0.4 is 0 Å². The smallest absolute Gasteiger partial charge is 0.135 e. The van der Waals surface area contributed by atoms with Crippen LogP contribution in [0.15, 0.2) is 0 Å². The Morgan fingerprint density at radius 2 is 1.71 bits per heavy atom. The highest BCUT2D eigenvalue weighted by molar-refractivity contribution is 7.83. The van der Waals surface area contributed by atoms with Crippen molar-refractivity contribution in [3.8, 4) is 0 Å². The van der Waals surface area contributed by atoms with Gasteiger partial charge in [0, 0.05) is 0 Å². The molecule has 0 saturated carbocycles. The van der Waals surface area contributed by atoms with Crippen molar-refractivity contribution in [3.63, 3.8) is 0 Å². The molecule has 0 spiro atoms. The highest BCUT2D eigenvalue weighted by atomic mass is 35.5. The molecule has 0 radical (unpaired) electrons. The minimum Gasteiger partial charge on any atom is -0.154 e. The summed E-state index contributed by atoms with van der Waals surface area (Å²) in [7, 11) is 0. The van der Waals surface area contributed by atoms with Crippen molar-refractivity contribution < 1.29 is 0 Å². The van der Waals surface area contributed by atoms with E-state index in [1.54, 1.807) is 6.92 Å². The van der Waals surface area contributed by atoms with Crippen LogP contribution in [0.4, 0.5) is 0 Å². The van der Waals surface area contributed by atoms with Crippen LogP contribution in [0.3, 0.4) is 0 Å². The molecule has 0 amide bonds. The Kier molecular flexibility index (Phi) is 3.14. The van der Waals surface area contributed by atoms with Crippen LogP contribution in [0, 0.1) is 0 Å². The third-order valence-corrected chi connectivity index (χ3v) is 2.28. The highest BCUT2D eigenvalue weighted by Gasteiger charge is 2.23. The van der Waals surface area contributed by atoms with Gasteiger partial charge in [-0.3, -0.25) is 0 Å². The van der Waals surface area contributed by atoms with Crippen LogP contribution in [0.2, 0.25) is 0 Å². The van der Waals surface area contributed by atoms with Gasteiger partial charge in [-0.15, -0.1) is 34.8 Å². The topological polar surface area (TPSA) is 0 Å². The van der Waals surface area contributed by atoms with E-state index in [0.29, 0.717) is 0 Å². The first-order chi connectivity index (χ1) is 2.94. The summed E-state index contributed by atoms with van der Waals surface area (Å²) in [6.07, 6.45) is 0. The van der Waals surface area contributed by atoms with Gasteiger partial charge >= 0.3 is 0 Å². The quantitative estimate of drug-likeness (QED) is 0.464. The molecule has 0 heterocycles. The fourth-order valence-electron chi connectivity index (χ4n) is 0. The normalized spacial score (nSPS) is 19.7. The fourth-order valence-corrected chi connectivity index (χ4v) is 0. The van der Waals surface area contributed by atoms with Gasteiger partial charge in [0.1, 0.15) is 9.04 Å². The molecule has 0 aliphatic carbocycles. The number of thiol groups is 1. The number of alkyl halides is 3. The SMILES string of the molecule is CC(S)(Cl)C(Cl)Cl. The maximum absolute atomic E-state index is 5.47. The molecule has 0 bridgehead atoms. The summed E-state index contributed by atoms with van der Waals surface area (Å²) < 4.78 is -0.802. The molecule has 0 nitrogen and oxygen atoms in total. The summed E-state index contributed by atoms with van der Waals surface area (Å²) in [6.45, 7) is 1.63. The summed E-state index contributed by atoms with van der Waals surface area (Å²) in [5, 5.41) is 0. The van der Waals surface area contributed by atoms with Gasteiger partial charge < -0.3 is 0 Å². The molecule has 0 rings (SSSR count). The maximum atomic E-state index is 5.47. The monoisotopic (exact) mass is 178 g/mol. The Bertz CT molecular complexity index is 55.7. The van der Waals surface area contributed by atoms with Gasteiger partial charge in [-0.25, -0.2) is 0 Å². The third kappa shape index (κ3) is 3.77.